The molecule has 0 saturated carbocycles. The SMILES string of the molecule is CC(O)c1cc(O)c2c(c1O)C(O)=CC(=O)C2=O. The van der Waals surface area contributed by atoms with Crippen LogP contribution in [0, 0.1) is 0 Å². The predicted molar refractivity (Wildman–Crippen MR) is 60.3 cm³/mol. The zero-order valence-electron chi connectivity index (χ0n) is 9.34. The number of hydrogen-bond acceptors (Lipinski definition) is 6. The van der Waals surface area contributed by atoms with Gasteiger partial charge in [-0.3, -0.25) is 9.59 Å². The number of phenols is 2. The molecule has 0 spiro atoms. The van der Waals surface area contributed by atoms with Crippen molar-refractivity contribution in [3.8, 4) is 11.5 Å². The van der Waals surface area contributed by atoms with Crippen molar-refractivity contribution in [2.45, 2.75) is 13.0 Å². The van der Waals surface area contributed by atoms with Crippen LogP contribution in [0.5, 0.6) is 11.5 Å². The summed E-state index contributed by atoms with van der Waals surface area (Å²) in [5.74, 6) is -3.73. The van der Waals surface area contributed by atoms with Gasteiger partial charge in [-0.25, -0.2) is 0 Å². The van der Waals surface area contributed by atoms with Crippen LogP contribution in [-0.4, -0.2) is 32.0 Å². The first-order valence-corrected chi connectivity index (χ1v) is 5.11. The van der Waals surface area contributed by atoms with Gasteiger partial charge < -0.3 is 20.4 Å². The average Bonchev–Trinajstić information content (AvgIpc) is 2.28. The molecule has 1 unspecified atom stereocenters. The van der Waals surface area contributed by atoms with Crippen molar-refractivity contribution in [1.82, 2.24) is 0 Å². The van der Waals surface area contributed by atoms with Gasteiger partial charge >= 0.3 is 0 Å². The van der Waals surface area contributed by atoms with Crippen LogP contribution in [0.15, 0.2) is 12.1 Å². The highest BCUT2D eigenvalue weighted by atomic mass is 16.3. The van der Waals surface area contributed by atoms with Crippen LogP contribution in [0.25, 0.3) is 5.76 Å². The quantitative estimate of drug-likeness (QED) is 0.433. The number of benzene rings is 1. The Labute approximate surface area is 101 Å². The van der Waals surface area contributed by atoms with Gasteiger partial charge in [0.15, 0.2) is 0 Å². The molecule has 0 aromatic heterocycles. The second-order valence-electron chi connectivity index (χ2n) is 3.98. The third-order valence-corrected chi connectivity index (χ3v) is 2.73. The monoisotopic (exact) mass is 250 g/mol. The largest absolute Gasteiger partial charge is 0.507 e. The van der Waals surface area contributed by atoms with Crippen molar-refractivity contribution >= 4 is 17.3 Å². The summed E-state index contributed by atoms with van der Waals surface area (Å²) in [6, 6.07) is 0.989. The van der Waals surface area contributed by atoms with Crippen molar-refractivity contribution in [2.24, 2.45) is 0 Å². The highest BCUT2D eigenvalue weighted by Gasteiger charge is 2.33. The van der Waals surface area contributed by atoms with E-state index < -0.39 is 40.5 Å². The van der Waals surface area contributed by atoms with E-state index in [1.54, 1.807) is 0 Å². The summed E-state index contributed by atoms with van der Waals surface area (Å²) in [7, 11) is 0. The Hall–Kier alpha value is -2.34. The van der Waals surface area contributed by atoms with Crippen LogP contribution in [0.2, 0.25) is 0 Å². The van der Waals surface area contributed by atoms with E-state index >= 15 is 0 Å². The molecule has 18 heavy (non-hydrogen) atoms. The summed E-state index contributed by atoms with van der Waals surface area (Å²) >= 11 is 0. The van der Waals surface area contributed by atoms with E-state index in [4.69, 9.17) is 0 Å². The van der Waals surface area contributed by atoms with Crippen molar-refractivity contribution in [1.29, 1.82) is 0 Å². The number of aliphatic hydroxyl groups is 2. The van der Waals surface area contributed by atoms with E-state index in [1.165, 1.54) is 6.92 Å². The van der Waals surface area contributed by atoms with Crippen molar-refractivity contribution < 1.29 is 30.0 Å². The van der Waals surface area contributed by atoms with E-state index in [0.29, 0.717) is 6.08 Å². The van der Waals surface area contributed by atoms with Gasteiger partial charge in [0.2, 0.25) is 11.6 Å². The molecule has 1 aromatic rings. The molecule has 1 aliphatic rings. The molecule has 0 bridgehead atoms. The molecular weight excluding hydrogens is 240 g/mol. The Morgan fingerprint density at radius 2 is 1.72 bits per heavy atom. The lowest BCUT2D eigenvalue weighted by molar-refractivity contribution is -0.111. The van der Waals surface area contributed by atoms with Gasteiger partial charge in [-0.15, -0.1) is 0 Å². The van der Waals surface area contributed by atoms with Crippen molar-refractivity contribution in [3.63, 3.8) is 0 Å². The molecule has 0 radical (unpaired) electrons. The highest BCUT2D eigenvalue weighted by Crippen LogP contribution is 2.41. The summed E-state index contributed by atoms with van der Waals surface area (Å²) in [5.41, 5.74) is -0.842. The number of aliphatic hydroxyl groups excluding tert-OH is 2. The number of hydrogen-bond donors (Lipinski definition) is 4. The van der Waals surface area contributed by atoms with Gasteiger partial charge in [-0.2, -0.15) is 0 Å². The topological polar surface area (TPSA) is 115 Å². The summed E-state index contributed by atoms with van der Waals surface area (Å²) in [6.45, 7) is 1.34. The number of carbonyl (C=O) groups is 2. The molecule has 6 heteroatoms. The fraction of sp³-hybridized carbons (Fsp3) is 0.167. The molecule has 0 amide bonds. The normalized spacial score (nSPS) is 16.2. The number of aromatic hydroxyl groups is 2. The zero-order chi connectivity index (χ0) is 13.6. The lowest BCUT2D eigenvalue weighted by Crippen LogP contribution is -2.19. The fourth-order valence-corrected chi connectivity index (χ4v) is 1.86. The van der Waals surface area contributed by atoms with Gasteiger partial charge in [0.25, 0.3) is 0 Å². The lowest BCUT2D eigenvalue weighted by atomic mass is 9.89. The van der Waals surface area contributed by atoms with E-state index in [9.17, 15) is 30.0 Å². The van der Waals surface area contributed by atoms with Crippen molar-refractivity contribution in [2.75, 3.05) is 0 Å². The molecule has 2 rings (SSSR count). The Morgan fingerprint density at radius 3 is 2.28 bits per heavy atom. The number of fused-ring (bicyclic) bond motifs is 1. The van der Waals surface area contributed by atoms with E-state index in [2.05, 4.69) is 0 Å². The molecule has 0 fully saturated rings. The van der Waals surface area contributed by atoms with Crippen LogP contribution in [0.1, 0.15) is 34.5 Å². The van der Waals surface area contributed by atoms with Gasteiger partial charge in [0, 0.05) is 11.6 Å². The number of allylic oxidation sites excluding steroid dienone is 1. The molecule has 0 heterocycles. The molecule has 94 valence electrons. The molecule has 1 atom stereocenters. The second-order valence-corrected chi connectivity index (χ2v) is 3.98. The summed E-state index contributed by atoms with van der Waals surface area (Å²) in [6.07, 6.45) is -0.447. The van der Waals surface area contributed by atoms with Crippen molar-refractivity contribution in [3.05, 3.63) is 28.8 Å². The third kappa shape index (κ3) is 1.54. The Kier molecular flexibility index (Phi) is 2.59. The van der Waals surface area contributed by atoms with E-state index in [1.807, 2.05) is 0 Å². The van der Waals surface area contributed by atoms with E-state index in [-0.39, 0.29) is 11.1 Å². The smallest absolute Gasteiger partial charge is 0.237 e. The zero-order valence-corrected chi connectivity index (χ0v) is 9.34. The molecule has 1 aliphatic carbocycles. The molecule has 6 nitrogen and oxygen atoms in total. The maximum atomic E-state index is 11.6. The molecule has 0 aliphatic heterocycles. The van der Waals surface area contributed by atoms with Crippen LogP contribution >= 0.6 is 0 Å². The molecule has 4 N–H and O–H groups in total. The number of ketones is 2. The van der Waals surface area contributed by atoms with Crippen LogP contribution in [-0.2, 0) is 4.79 Å². The number of rotatable bonds is 1. The minimum atomic E-state index is -1.11. The molecular formula is C12H10O6. The first kappa shape index (κ1) is 12.1. The maximum absolute atomic E-state index is 11.6. The summed E-state index contributed by atoms with van der Waals surface area (Å²) < 4.78 is 0. The predicted octanol–water partition coefficient (Wildman–Crippen LogP) is 0.815. The van der Waals surface area contributed by atoms with Gasteiger partial charge in [-0.1, -0.05) is 0 Å². The van der Waals surface area contributed by atoms with Gasteiger partial charge in [0.05, 0.1) is 17.2 Å². The summed E-state index contributed by atoms with van der Waals surface area (Å²) in [5, 5.41) is 38.6. The number of Topliss-reactive ketones (excluding diaryl/α,β-unsaturated/α-hetero) is 1. The number of phenolic OH excluding ortho intramolecular Hbond substituents is 2. The Morgan fingerprint density at radius 1 is 1.11 bits per heavy atom. The van der Waals surface area contributed by atoms with Crippen LogP contribution < -0.4 is 0 Å². The second kappa shape index (κ2) is 3.85. The van der Waals surface area contributed by atoms with Crippen LogP contribution in [0.4, 0.5) is 0 Å². The average molecular weight is 250 g/mol. The maximum Gasteiger partial charge on any atom is 0.237 e. The first-order chi connectivity index (χ1) is 8.34. The highest BCUT2D eigenvalue weighted by molar-refractivity contribution is 6.51. The number of carbonyl (C=O) groups excluding carboxylic acids is 2. The lowest BCUT2D eigenvalue weighted by Gasteiger charge is -2.18. The molecule has 1 aromatic carbocycles. The summed E-state index contributed by atoms with van der Waals surface area (Å²) in [4.78, 5) is 22.8. The Bertz CT molecular complexity index is 597. The Balaban J connectivity index is 2.85. The third-order valence-electron chi connectivity index (χ3n) is 2.73. The van der Waals surface area contributed by atoms with E-state index in [0.717, 1.165) is 6.07 Å². The minimum Gasteiger partial charge on any atom is -0.507 e. The standard InChI is InChI=1S/C12H10O6/c1-4(13)5-2-6(14)10-9(11(5)17)7(15)3-8(16)12(10)18/h2-4,13-15,17H,1H3. The van der Waals surface area contributed by atoms with Gasteiger partial charge in [-0.05, 0) is 13.0 Å². The first-order valence-electron chi connectivity index (χ1n) is 5.11. The molecule has 0 saturated heterocycles. The van der Waals surface area contributed by atoms with Crippen LogP contribution in [0.3, 0.4) is 0 Å². The fourth-order valence-electron chi connectivity index (χ4n) is 1.86. The minimum absolute atomic E-state index is 0.0478. The van der Waals surface area contributed by atoms with Gasteiger partial charge in [0.1, 0.15) is 17.3 Å².